The number of rotatable bonds is 5. The van der Waals surface area contributed by atoms with Gasteiger partial charge in [0.15, 0.2) is 0 Å². The third-order valence-electron chi connectivity index (χ3n) is 6.10. The number of nitrogens with zero attached hydrogens (tertiary/aromatic N) is 2. The first-order valence-corrected chi connectivity index (χ1v) is 10.7. The Hall–Kier alpha value is -2.85. The van der Waals surface area contributed by atoms with Gasteiger partial charge in [0.1, 0.15) is 11.5 Å². The summed E-state index contributed by atoms with van der Waals surface area (Å²) in [5.41, 5.74) is 6.78. The Kier molecular flexibility index (Phi) is 4.94. The molecule has 0 spiro atoms. The molecule has 1 aliphatic rings. The van der Waals surface area contributed by atoms with Gasteiger partial charge in [-0.25, -0.2) is 0 Å². The van der Waals surface area contributed by atoms with Gasteiger partial charge in [0, 0.05) is 23.0 Å². The topological polar surface area (TPSA) is 45.1 Å². The second-order valence-corrected chi connectivity index (χ2v) is 8.00. The van der Waals surface area contributed by atoms with Crippen LogP contribution in [0.1, 0.15) is 30.6 Å². The highest BCUT2D eigenvalue weighted by molar-refractivity contribution is 5.94. The molecule has 1 aliphatic heterocycles. The first kappa shape index (κ1) is 18.2. The molecule has 2 aromatic carbocycles. The molecule has 4 aromatic rings. The molecule has 1 fully saturated rings. The van der Waals surface area contributed by atoms with Crippen molar-refractivity contribution in [1.29, 1.82) is 0 Å². The number of aromatic amines is 1. The predicted octanol–water partition coefficient (Wildman–Crippen LogP) is 5.83. The van der Waals surface area contributed by atoms with E-state index in [1.165, 1.54) is 48.8 Å². The number of piperidine rings is 1. The molecule has 29 heavy (non-hydrogen) atoms. The summed E-state index contributed by atoms with van der Waals surface area (Å²) in [5.74, 6) is 0.856. The normalized spacial score (nSPS) is 15.2. The summed E-state index contributed by atoms with van der Waals surface area (Å²) in [6.45, 7) is 5.55. The fourth-order valence-corrected chi connectivity index (χ4v) is 4.59. The number of nitrogens with one attached hydrogen (secondary N) is 1. The Labute approximate surface area is 171 Å². The molecule has 0 aliphatic carbocycles. The summed E-state index contributed by atoms with van der Waals surface area (Å²) in [4.78, 5) is 6.29. The van der Waals surface area contributed by atoms with Crippen LogP contribution in [0.2, 0.25) is 0 Å². The Morgan fingerprint density at radius 2 is 1.72 bits per heavy atom. The smallest absolute Gasteiger partial charge is 0.143 e. The first-order chi connectivity index (χ1) is 14.3. The molecule has 148 valence electrons. The third kappa shape index (κ3) is 3.49. The molecular weight excluding hydrogens is 358 g/mol. The van der Waals surface area contributed by atoms with Crippen LogP contribution in [0.25, 0.3) is 33.4 Å². The second-order valence-electron chi connectivity index (χ2n) is 8.00. The van der Waals surface area contributed by atoms with Gasteiger partial charge in [-0.05, 0) is 50.9 Å². The van der Waals surface area contributed by atoms with Crippen molar-refractivity contribution < 1.29 is 4.52 Å². The molecule has 0 amide bonds. The van der Waals surface area contributed by atoms with Gasteiger partial charge in [-0.15, -0.1) is 0 Å². The summed E-state index contributed by atoms with van der Waals surface area (Å²) in [6.07, 6.45) is 5.04. The lowest BCUT2D eigenvalue weighted by molar-refractivity contribution is 0.232. The Morgan fingerprint density at radius 3 is 2.55 bits per heavy atom. The van der Waals surface area contributed by atoms with Crippen molar-refractivity contribution in [3.63, 3.8) is 0 Å². The SMILES string of the molecule is Cc1onc(-c2ccccc2)c1-c1[nH]c2ccccc2c1CCN1CCCCC1. The molecule has 0 radical (unpaired) electrons. The van der Waals surface area contributed by atoms with Crippen LogP contribution < -0.4 is 0 Å². The average Bonchev–Trinajstić information content (AvgIpc) is 3.33. The molecule has 5 rings (SSSR count). The van der Waals surface area contributed by atoms with Crippen LogP contribution in [0.15, 0.2) is 59.1 Å². The molecule has 0 atom stereocenters. The zero-order valence-corrected chi connectivity index (χ0v) is 16.9. The number of hydrogen-bond donors (Lipinski definition) is 1. The monoisotopic (exact) mass is 385 g/mol. The lowest BCUT2D eigenvalue weighted by Crippen LogP contribution is -2.31. The number of benzene rings is 2. The van der Waals surface area contributed by atoms with Crippen molar-refractivity contribution in [2.24, 2.45) is 0 Å². The fourth-order valence-electron chi connectivity index (χ4n) is 4.59. The Balaban J connectivity index is 1.59. The average molecular weight is 386 g/mol. The molecule has 4 nitrogen and oxygen atoms in total. The summed E-state index contributed by atoms with van der Waals surface area (Å²) < 4.78 is 5.67. The first-order valence-electron chi connectivity index (χ1n) is 10.7. The van der Waals surface area contributed by atoms with Crippen molar-refractivity contribution in [1.82, 2.24) is 15.0 Å². The number of likely N-dealkylation sites (tertiary alicyclic amines) is 1. The lowest BCUT2D eigenvalue weighted by Gasteiger charge is -2.26. The summed E-state index contributed by atoms with van der Waals surface area (Å²) in [7, 11) is 0. The molecule has 0 saturated carbocycles. The molecular formula is C25H27N3O. The van der Waals surface area contributed by atoms with Crippen LogP contribution in [-0.4, -0.2) is 34.7 Å². The standard InChI is InChI=1S/C25H27N3O/c1-18-23(24(27-29-18)19-10-4-2-5-11-19)25-21(14-17-28-15-8-3-9-16-28)20-12-6-7-13-22(20)26-25/h2,4-7,10-13,26H,3,8-9,14-17H2,1H3. The van der Waals surface area contributed by atoms with Crippen LogP contribution in [0.5, 0.6) is 0 Å². The number of aryl methyl sites for hydroxylation is 1. The molecule has 4 heteroatoms. The van der Waals surface area contributed by atoms with Crippen molar-refractivity contribution in [2.75, 3.05) is 19.6 Å². The van der Waals surface area contributed by atoms with Crippen LogP contribution >= 0.6 is 0 Å². The van der Waals surface area contributed by atoms with Gasteiger partial charge in [0.05, 0.1) is 11.3 Å². The van der Waals surface area contributed by atoms with E-state index in [1.54, 1.807) is 0 Å². The Morgan fingerprint density at radius 1 is 0.966 bits per heavy atom. The number of para-hydroxylation sites is 1. The van der Waals surface area contributed by atoms with E-state index in [0.29, 0.717) is 0 Å². The maximum atomic E-state index is 5.67. The van der Waals surface area contributed by atoms with Crippen molar-refractivity contribution in [3.8, 4) is 22.5 Å². The quantitative estimate of drug-likeness (QED) is 0.470. The van der Waals surface area contributed by atoms with E-state index in [-0.39, 0.29) is 0 Å². The summed E-state index contributed by atoms with van der Waals surface area (Å²) in [6, 6.07) is 18.9. The van der Waals surface area contributed by atoms with E-state index in [0.717, 1.165) is 41.2 Å². The van der Waals surface area contributed by atoms with Crippen molar-refractivity contribution in [2.45, 2.75) is 32.6 Å². The predicted molar refractivity (Wildman–Crippen MR) is 118 cm³/mol. The lowest BCUT2D eigenvalue weighted by atomic mass is 9.98. The van der Waals surface area contributed by atoms with Crippen LogP contribution in [-0.2, 0) is 6.42 Å². The number of H-pyrrole nitrogens is 1. The van der Waals surface area contributed by atoms with Gasteiger partial charge in [0.2, 0.25) is 0 Å². The van der Waals surface area contributed by atoms with Gasteiger partial charge in [0.25, 0.3) is 0 Å². The summed E-state index contributed by atoms with van der Waals surface area (Å²) in [5, 5.41) is 5.72. The van der Waals surface area contributed by atoms with Crippen LogP contribution in [0.4, 0.5) is 0 Å². The van der Waals surface area contributed by atoms with Gasteiger partial charge in [-0.2, -0.15) is 0 Å². The number of aromatic nitrogens is 2. The van der Waals surface area contributed by atoms with E-state index < -0.39 is 0 Å². The highest BCUT2D eigenvalue weighted by Crippen LogP contribution is 2.38. The van der Waals surface area contributed by atoms with Gasteiger partial charge < -0.3 is 14.4 Å². The largest absolute Gasteiger partial charge is 0.360 e. The molecule has 3 heterocycles. The maximum Gasteiger partial charge on any atom is 0.143 e. The molecule has 0 bridgehead atoms. The van der Waals surface area contributed by atoms with Gasteiger partial charge in [-0.3, -0.25) is 0 Å². The minimum Gasteiger partial charge on any atom is -0.360 e. The zero-order valence-electron chi connectivity index (χ0n) is 16.9. The van der Waals surface area contributed by atoms with Gasteiger partial charge in [-0.1, -0.05) is 60.1 Å². The maximum absolute atomic E-state index is 5.67. The van der Waals surface area contributed by atoms with Crippen molar-refractivity contribution in [3.05, 3.63) is 65.9 Å². The van der Waals surface area contributed by atoms with Crippen LogP contribution in [0.3, 0.4) is 0 Å². The fraction of sp³-hybridized carbons (Fsp3) is 0.320. The highest BCUT2D eigenvalue weighted by atomic mass is 16.5. The van der Waals surface area contributed by atoms with E-state index in [4.69, 9.17) is 4.52 Å². The van der Waals surface area contributed by atoms with Crippen LogP contribution in [0, 0.1) is 6.92 Å². The molecule has 1 N–H and O–H groups in total. The third-order valence-corrected chi connectivity index (χ3v) is 6.10. The molecule has 1 saturated heterocycles. The Bertz CT molecular complexity index is 1100. The molecule has 2 aromatic heterocycles. The number of fused-ring (bicyclic) bond motifs is 1. The molecule has 0 unspecified atom stereocenters. The van der Waals surface area contributed by atoms with E-state index >= 15 is 0 Å². The minimum absolute atomic E-state index is 0.856. The minimum atomic E-state index is 0.856. The summed E-state index contributed by atoms with van der Waals surface area (Å²) >= 11 is 0. The zero-order chi connectivity index (χ0) is 19.6. The second kappa shape index (κ2) is 7.88. The number of hydrogen-bond acceptors (Lipinski definition) is 3. The highest BCUT2D eigenvalue weighted by Gasteiger charge is 2.23. The van der Waals surface area contributed by atoms with Gasteiger partial charge >= 0.3 is 0 Å². The van der Waals surface area contributed by atoms with E-state index in [1.807, 2.05) is 25.1 Å². The van der Waals surface area contributed by atoms with E-state index in [9.17, 15) is 0 Å². The van der Waals surface area contributed by atoms with E-state index in [2.05, 4.69) is 51.4 Å². The van der Waals surface area contributed by atoms with Crippen molar-refractivity contribution >= 4 is 10.9 Å².